The average molecular weight is 726 g/mol. The van der Waals surface area contributed by atoms with Crippen molar-refractivity contribution in [3.05, 3.63) is 164 Å². The molecule has 57 heavy (non-hydrogen) atoms. The maximum Gasteiger partial charge on any atom is 0.164 e. The molecule has 0 fully saturated rings. The highest BCUT2D eigenvalue weighted by molar-refractivity contribution is 6.37. The van der Waals surface area contributed by atoms with Gasteiger partial charge in [-0.2, -0.15) is 0 Å². The molecular weight excluding hydrogens is 699 g/mol. The third-order valence-corrected chi connectivity index (χ3v) is 12.2. The molecule has 6 heteroatoms. The summed E-state index contributed by atoms with van der Waals surface area (Å²) >= 11 is 0. The highest BCUT2D eigenvalue weighted by Crippen LogP contribution is 2.49. The van der Waals surface area contributed by atoms with E-state index in [1.54, 1.807) is 0 Å². The van der Waals surface area contributed by atoms with Gasteiger partial charge in [0.15, 0.2) is 17.5 Å². The molecule has 0 amide bonds. The summed E-state index contributed by atoms with van der Waals surface area (Å²) in [5.74, 6) is 1.86. The normalized spacial score (nSPS) is 12.6. The van der Waals surface area contributed by atoms with Gasteiger partial charge in [-0.25, -0.2) is 15.0 Å². The van der Waals surface area contributed by atoms with E-state index in [1.807, 2.05) is 60.7 Å². The topological polar surface area (TPSA) is 61.2 Å². The highest BCUT2D eigenvalue weighted by atomic mass is 16.3. The second kappa shape index (κ2) is 10.5. The Morgan fingerprint density at radius 1 is 0.351 bits per heavy atom. The van der Waals surface area contributed by atoms with Crippen LogP contribution in [-0.4, -0.2) is 23.9 Å². The van der Waals surface area contributed by atoms with Gasteiger partial charge in [-0.15, -0.1) is 0 Å². The van der Waals surface area contributed by atoms with Gasteiger partial charge >= 0.3 is 0 Å². The summed E-state index contributed by atoms with van der Waals surface area (Å²) in [6, 6.07) is 58.1. The minimum Gasteiger partial charge on any atom is -0.456 e. The van der Waals surface area contributed by atoms with Gasteiger partial charge in [0.2, 0.25) is 0 Å². The number of furan rings is 1. The first-order valence-corrected chi connectivity index (χ1v) is 19.3. The lowest BCUT2D eigenvalue weighted by atomic mass is 10.0. The molecule has 6 heterocycles. The first-order chi connectivity index (χ1) is 28.3. The van der Waals surface area contributed by atoms with Crippen LogP contribution in [0.3, 0.4) is 0 Å². The predicted molar refractivity (Wildman–Crippen MR) is 232 cm³/mol. The summed E-state index contributed by atoms with van der Waals surface area (Å²) in [5.41, 5.74) is 11.8. The third-order valence-electron chi connectivity index (χ3n) is 12.2. The fourth-order valence-electron chi connectivity index (χ4n) is 9.83. The van der Waals surface area contributed by atoms with Crippen LogP contribution in [0.2, 0.25) is 0 Å². The van der Waals surface area contributed by atoms with E-state index in [4.69, 9.17) is 19.4 Å². The fourth-order valence-corrected chi connectivity index (χ4v) is 9.83. The lowest BCUT2D eigenvalue weighted by Crippen LogP contribution is -2.00. The number of aromatic nitrogens is 5. The van der Waals surface area contributed by atoms with Crippen LogP contribution >= 0.6 is 0 Å². The maximum absolute atomic E-state index is 6.14. The van der Waals surface area contributed by atoms with E-state index < -0.39 is 0 Å². The van der Waals surface area contributed by atoms with E-state index in [0.29, 0.717) is 17.5 Å². The molecule has 0 bridgehead atoms. The molecule has 6 aromatic heterocycles. The molecule has 0 atom stereocenters. The first-order valence-electron chi connectivity index (χ1n) is 19.3. The Balaban J connectivity index is 0.978. The Hall–Kier alpha value is -7.83. The van der Waals surface area contributed by atoms with Crippen molar-refractivity contribution in [3.8, 4) is 39.9 Å². The lowest BCUT2D eigenvalue weighted by Gasteiger charge is -2.11. The summed E-state index contributed by atoms with van der Waals surface area (Å²) in [6.45, 7) is 0. The van der Waals surface area contributed by atoms with Crippen molar-refractivity contribution in [1.82, 2.24) is 23.9 Å². The summed E-state index contributed by atoms with van der Waals surface area (Å²) in [5, 5.41) is 12.5. The highest BCUT2D eigenvalue weighted by Gasteiger charge is 2.26. The molecule has 0 aliphatic heterocycles. The van der Waals surface area contributed by atoms with Crippen LogP contribution in [0.5, 0.6) is 0 Å². The largest absolute Gasteiger partial charge is 0.456 e. The number of rotatable bonds is 4. The van der Waals surface area contributed by atoms with E-state index in [2.05, 4.69) is 112 Å². The van der Waals surface area contributed by atoms with Crippen molar-refractivity contribution < 1.29 is 4.42 Å². The molecule has 0 saturated heterocycles. The van der Waals surface area contributed by atoms with Crippen LogP contribution in [0.1, 0.15) is 0 Å². The minimum atomic E-state index is 0.614. The number of para-hydroxylation sites is 3. The smallest absolute Gasteiger partial charge is 0.164 e. The minimum absolute atomic E-state index is 0.614. The van der Waals surface area contributed by atoms with Gasteiger partial charge in [-0.3, -0.25) is 0 Å². The molecule has 0 aliphatic carbocycles. The molecule has 0 saturated carbocycles. The van der Waals surface area contributed by atoms with Gasteiger partial charge in [-0.1, -0.05) is 103 Å². The van der Waals surface area contributed by atoms with Crippen molar-refractivity contribution >= 4 is 92.6 Å². The molecule has 6 nitrogen and oxygen atoms in total. The molecule has 262 valence electrons. The van der Waals surface area contributed by atoms with Gasteiger partial charge in [0.1, 0.15) is 11.2 Å². The quantitative estimate of drug-likeness (QED) is 0.181. The Kier molecular flexibility index (Phi) is 5.42. The summed E-state index contributed by atoms with van der Waals surface area (Å²) in [6.07, 6.45) is 0. The van der Waals surface area contributed by atoms with Crippen LogP contribution in [0.4, 0.5) is 0 Å². The molecule has 0 aliphatic rings. The van der Waals surface area contributed by atoms with E-state index in [9.17, 15) is 0 Å². The molecule has 14 aromatic rings. The Labute approximate surface area is 323 Å². The summed E-state index contributed by atoms with van der Waals surface area (Å²) in [7, 11) is 0. The van der Waals surface area contributed by atoms with Crippen molar-refractivity contribution in [1.29, 1.82) is 0 Å². The van der Waals surface area contributed by atoms with Gasteiger partial charge in [0, 0.05) is 70.9 Å². The lowest BCUT2D eigenvalue weighted by molar-refractivity contribution is 0.669. The number of fused-ring (bicyclic) bond motifs is 6. The zero-order valence-corrected chi connectivity index (χ0v) is 30.2. The standard InChI is InChI=1S/C51H27N5O/c1-2-9-28(10-3-1)49-52-50(54-51(53-49)30-21-26-43-39(27-30)32-11-4-5-18-42(32)57-43)29-19-22-31(23-20-29)55-40-17-8-12-33-34-13-6-14-35-36-15-7-16-37-38-24-25-41(55)45(44(33)40)48(38)56(46(34)35)47(36)37/h1-27H. The Morgan fingerprint density at radius 3 is 1.65 bits per heavy atom. The first kappa shape index (κ1) is 29.5. The molecule has 0 spiro atoms. The molecular formula is C51H27N5O. The zero-order chi connectivity index (χ0) is 36.9. The Morgan fingerprint density at radius 2 is 0.895 bits per heavy atom. The number of hydrogen-bond donors (Lipinski definition) is 0. The van der Waals surface area contributed by atoms with Crippen LogP contribution in [0.25, 0.3) is 132 Å². The third kappa shape index (κ3) is 3.76. The van der Waals surface area contributed by atoms with Crippen molar-refractivity contribution in [3.63, 3.8) is 0 Å². The summed E-state index contributed by atoms with van der Waals surface area (Å²) in [4.78, 5) is 15.2. The monoisotopic (exact) mass is 725 g/mol. The zero-order valence-electron chi connectivity index (χ0n) is 30.2. The van der Waals surface area contributed by atoms with Crippen molar-refractivity contribution in [2.24, 2.45) is 0 Å². The van der Waals surface area contributed by atoms with Gasteiger partial charge in [0.05, 0.1) is 27.6 Å². The van der Waals surface area contributed by atoms with E-state index in [0.717, 1.165) is 44.3 Å². The summed E-state index contributed by atoms with van der Waals surface area (Å²) < 4.78 is 11.1. The molecule has 0 N–H and O–H groups in total. The van der Waals surface area contributed by atoms with E-state index in [-0.39, 0.29) is 0 Å². The molecule has 0 radical (unpaired) electrons. The van der Waals surface area contributed by atoms with E-state index >= 15 is 0 Å². The van der Waals surface area contributed by atoms with Crippen LogP contribution in [0, 0.1) is 0 Å². The Bertz CT molecular complexity index is 3910. The van der Waals surface area contributed by atoms with Gasteiger partial charge in [0.25, 0.3) is 0 Å². The van der Waals surface area contributed by atoms with Crippen LogP contribution in [-0.2, 0) is 0 Å². The number of nitrogens with zero attached hydrogens (tertiary/aromatic N) is 5. The van der Waals surface area contributed by atoms with Gasteiger partial charge in [-0.05, 0) is 66.0 Å². The second-order valence-electron chi connectivity index (χ2n) is 15.2. The van der Waals surface area contributed by atoms with Crippen LogP contribution < -0.4 is 0 Å². The average Bonchev–Trinajstić information content (AvgIpc) is 4.00. The number of benzene rings is 8. The molecule has 0 unspecified atom stereocenters. The SMILES string of the molecule is c1ccc(-c2nc(-c3ccc(-n4c5cccc6c7cccc8c9cccc%10c%11ccc4c(c65)c%11n(c78)c9%10)cc3)nc(-c3ccc4oc5ccccc5c4c3)n2)cc1. The maximum atomic E-state index is 6.14. The second-order valence-corrected chi connectivity index (χ2v) is 15.2. The van der Waals surface area contributed by atoms with Gasteiger partial charge < -0.3 is 13.4 Å². The molecule has 14 rings (SSSR count). The van der Waals surface area contributed by atoms with Crippen LogP contribution in [0.15, 0.2) is 168 Å². The predicted octanol–water partition coefficient (Wildman–Crippen LogP) is 13.0. The van der Waals surface area contributed by atoms with E-state index in [1.165, 1.54) is 70.7 Å². The number of hydrogen-bond acceptors (Lipinski definition) is 4. The fraction of sp³-hybridized carbons (Fsp3) is 0. The van der Waals surface area contributed by atoms with Crippen molar-refractivity contribution in [2.75, 3.05) is 0 Å². The molecule has 8 aromatic carbocycles. The van der Waals surface area contributed by atoms with Crippen molar-refractivity contribution in [2.45, 2.75) is 0 Å².